The van der Waals surface area contributed by atoms with Crippen molar-refractivity contribution in [1.82, 2.24) is 5.32 Å². The fourth-order valence-corrected chi connectivity index (χ4v) is 0.932. The van der Waals surface area contributed by atoms with E-state index in [-0.39, 0.29) is 11.0 Å². The number of carbonyl (C=O) groups excluding carboxylic acids is 1. The average molecular weight is 224 g/mol. The Morgan fingerprint density at radius 2 is 2.07 bits per heavy atom. The molecule has 4 nitrogen and oxygen atoms in total. The summed E-state index contributed by atoms with van der Waals surface area (Å²) in [6, 6.07) is 8.38. The van der Waals surface area contributed by atoms with Gasteiger partial charge in [0.15, 0.2) is 0 Å². The summed E-state index contributed by atoms with van der Waals surface area (Å²) in [5.41, 5.74) is 5.34. The first-order chi connectivity index (χ1) is 7.09. The average Bonchev–Trinajstić information content (AvgIpc) is 2.18. The summed E-state index contributed by atoms with van der Waals surface area (Å²) in [7, 11) is 0. The number of nitrogens with one attached hydrogen (secondary N) is 1. The van der Waals surface area contributed by atoms with E-state index in [9.17, 15) is 4.79 Å². The third kappa shape index (κ3) is 3.95. The number of amides is 1. The smallest absolute Gasteiger partial charge is 0.410 e. The Kier molecular flexibility index (Phi) is 4.05. The van der Waals surface area contributed by atoms with E-state index in [0.717, 1.165) is 0 Å². The zero-order valence-corrected chi connectivity index (χ0v) is 9.08. The maximum Gasteiger partial charge on any atom is 0.413 e. The first-order valence-corrected chi connectivity index (χ1v) is 4.83. The second-order valence-corrected chi connectivity index (χ2v) is 3.44. The maximum atomic E-state index is 11.3. The van der Waals surface area contributed by atoms with Crippen molar-refractivity contribution >= 4 is 23.3 Å². The van der Waals surface area contributed by atoms with Gasteiger partial charge in [-0.05, 0) is 19.1 Å². The summed E-state index contributed by atoms with van der Waals surface area (Å²) in [5, 5.41) is 2.50. The molecule has 0 aliphatic rings. The van der Waals surface area contributed by atoms with Crippen LogP contribution in [0.5, 0.6) is 5.75 Å². The van der Waals surface area contributed by atoms with Gasteiger partial charge in [-0.25, -0.2) is 4.79 Å². The monoisotopic (exact) mass is 224 g/mol. The van der Waals surface area contributed by atoms with E-state index >= 15 is 0 Å². The molecule has 0 bridgehead atoms. The molecule has 0 aliphatic heterocycles. The fourth-order valence-electron chi connectivity index (χ4n) is 0.873. The zero-order chi connectivity index (χ0) is 11.3. The lowest BCUT2D eigenvalue weighted by Crippen LogP contribution is -2.42. The predicted octanol–water partition coefficient (Wildman–Crippen LogP) is 1.45. The van der Waals surface area contributed by atoms with Crippen molar-refractivity contribution in [2.75, 3.05) is 0 Å². The Morgan fingerprint density at radius 1 is 1.47 bits per heavy atom. The molecule has 1 atom stereocenters. The molecule has 80 valence electrons. The molecule has 0 aliphatic carbocycles. The van der Waals surface area contributed by atoms with Crippen LogP contribution in [0.1, 0.15) is 6.92 Å². The van der Waals surface area contributed by atoms with Crippen molar-refractivity contribution in [3.05, 3.63) is 30.3 Å². The zero-order valence-electron chi connectivity index (χ0n) is 8.27. The number of hydrogen-bond donors (Lipinski definition) is 2. The van der Waals surface area contributed by atoms with Crippen molar-refractivity contribution < 1.29 is 9.53 Å². The van der Waals surface area contributed by atoms with Crippen LogP contribution in [-0.4, -0.2) is 17.1 Å². The van der Waals surface area contributed by atoms with E-state index < -0.39 is 6.09 Å². The van der Waals surface area contributed by atoms with Gasteiger partial charge in [-0.3, -0.25) is 0 Å². The number of benzene rings is 1. The van der Waals surface area contributed by atoms with Crippen LogP contribution in [0.2, 0.25) is 0 Å². The van der Waals surface area contributed by atoms with Gasteiger partial charge >= 0.3 is 6.09 Å². The Balaban J connectivity index is 2.47. The van der Waals surface area contributed by atoms with Gasteiger partial charge in [0.05, 0.1) is 11.0 Å². The first-order valence-electron chi connectivity index (χ1n) is 4.42. The van der Waals surface area contributed by atoms with Crippen molar-refractivity contribution in [1.29, 1.82) is 0 Å². The summed E-state index contributed by atoms with van der Waals surface area (Å²) < 4.78 is 4.97. The summed E-state index contributed by atoms with van der Waals surface area (Å²) >= 11 is 4.71. The van der Waals surface area contributed by atoms with E-state index in [1.807, 2.05) is 6.07 Å². The van der Waals surface area contributed by atoms with Crippen LogP contribution in [0.4, 0.5) is 4.79 Å². The topological polar surface area (TPSA) is 64.3 Å². The summed E-state index contributed by atoms with van der Waals surface area (Å²) in [5.74, 6) is 0.477. The highest BCUT2D eigenvalue weighted by Crippen LogP contribution is 2.08. The predicted molar refractivity (Wildman–Crippen MR) is 61.8 cm³/mol. The third-order valence-corrected chi connectivity index (χ3v) is 2.07. The highest BCUT2D eigenvalue weighted by atomic mass is 32.1. The summed E-state index contributed by atoms with van der Waals surface area (Å²) in [6.07, 6.45) is -0.568. The number of hydrogen-bond acceptors (Lipinski definition) is 3. The molecule has 1 aromatic rings. The van der Waals surface area contributed by atoms with Gasteiger partial charge in [0.25, 0.3) is 0 Å². The molecule has 0 spiro atoms. The molecule has 0 saturated heterocycles. The van der Waals surface area contributed by atoms with Gasteiger partial charge in [0.2, 0.25) is 0 Å². The molecule has 0 heterocycles. The second kappa shape index (κ2) is 5.31. The van der Waals surface area contributed by atoms with Crippen LogP contribution < -0.4 is 15.8 Å². The van der Waals surface area contributed by atoms with Gasteiger partial charge < -0.3 is 15.8 Å². The molecular weight excluding hydrogens is 212 g/mol. The van der Waals surface area contributed by atoms with Crippen LogP contribution in [0.25, 0.3) is 0 Å². The van der Waals surface area contributed by atoms with E-state index in [0.29, 0.717) is 5.75 Å². The molecule has 0 saturated carbocycles. The molecule has 3 N–H and O–H groups in total. The molecule has 0 fully saturated rings. The lowest BCUT2D eigenvalue weighted by atomic mass is 10.3. The van der Waals surface area contributed by atoms with Gasteiger partial charge in [-0.1, -0.05) is 30.4 Å². The Labute approximate surface area is 93.4 Å². The number of thiocarbonyl (C=S) groups is 1. The van der Waals surface area contributed by atoms with Crippen molar-refractivity contribution in [3.8, 4) is 5.75 Å². The van der Waals surface area contributed by atoms with Crippen LogP contribution in [0.15, 0.2) is 30.3 Å². The minimum absolute atomic E-state index is 0.222. The second-order valence-electron chi connectivity index (χ2n) is 2.97. The Morgan fingerprint density at radius 3 is 2.60 bits per heavy atom. The van der Waals surface area contributed by atoms with E-state index in [1.54, 1.807) is 31.2 Å². The number of para-hydroxylation sites is 1. The molecule has 1 rings (SSSR count). The van der Waals surface area contributed by atoms with Crippen LogP contribution in [-0.2, 0) is 0 Å². The highest BCUT2D eigenvalue weighted by Gasteiger charge is 2.10. The lowest BCUT2D eigenvalue weighted by Gasteiger charge is -2.11. The summed E-state index contributed by atoms with van der Waals surface area (Å²) in [4.78, 5) is 11.5. The van der Waals surface area contributed by atoms with Crippen molar-refractivity contribution in [3.63, 3.8) is 0 Å². The molecular formula is C10H12N2O2S. The lowest BCUT2D eigenvalue weighted by molar-refractivity contribution is 0.199. The molecule has 0 aromatic heterocycles. The summed E-state index contributed by atoms with van der Waals surface area (Å²) in [6.45, 7) is 1.69. The molecule has 15 heavy (non-hydrogen) atoms. The van der Waals surface area contributed by atoms with E-state index in [2.05, 4.69) is 5.32 Å². The van der Waals surface area contributed by atoms with E-state index in [4.69, 9.17) is 22.7 Å². The standard InChI is InChI=1S/C10H12N2O2S/c1-7(9(11)15)12-10(13)14-8-5-3-2-4-6-8/h2-7H,1H3,(H2,11,15)(H,12,13). The molecule has 5 heteroatoms. The van der Waals surface area contributed by atoms with Crippen LogP contribution in [0.3, 0.4) is 0 Å². The number of rotatable bonds is 3. The quantitative estimate of drug-likeness (QED) is 0.763. The Bertz CT molecular complexity index is 354. The number of carbonyl (C=O) groups is 1. The first kappa shape index (κ1) is 11.5. The Hall–Kier alpha value is -1.62. The van der Waals surface area contributed by atoms with Gasteiger partial charge in [-0.15, -0.1) is 0 Å². The van der Waals surface area contributed by atoms with Crippen LogP contribution in [0, 0.1) is 0 Å². The van der Waals surface area contributed by atoms with Crippen molar-refractivity contribution in [2.24, 2.45) is 5.73 Å². The minimum Gasteiger partial charge on any atom is -0.410 e. The van der Waals surface area contributed by atoms with Crippen LogP contribution >= 0.6 is 12.2 Å². The SMILES string of the molecule is CC(NC(=O)Oc1ccccc1)C(N)=S. The van der Waals surface area contributed by atoms with Gasteiger partial charge in [0, 0.05) is 0 Å². The fraction of sp³-hybridized carbons (Fsp3) is 0.200. The highest BCUT2D eigenvalue weighted by molar-refractivity contribution is 7.80. The van der Waals surface area contributed by atoms with E-state index in [1.165, 1.54) is 0 Å². The number of ether oxygens (including phenoxy) is 1. The molecule has 0 radical (unpaired) electrons. The molecule has 1 amide bonds. The third-order valence-electron chi connectivity index (χ3n) is 1.71. The molecule has 1 unspecified atom stereocenters. The number of nitrogens with two attached hydrogens (primary N) is 1. The van der Waals surface area contributed by atoms with Gasteiger partial charge in [0.1, 0.15) is 5.75 Å². The molecule has 1 aromatic carbocycles. The van der Waals surface area contributed by atoms with Crippen molar-refractivity contribution in [2.45, 2.75) is 13.0 Å². The maximum absolute atomic E-state index is 11.3. The minimum atomic E-state index is -0.568. The largest absolute Gasteiger partial charge is 0.413 e. The van der Waals surface area contributed by atoms with Gasteiger partial charge in [-0.2, -0.15) is 0 Å². The normalized spacial score (nSPS) is 11.5.